The molecule has 1 spiro atoms. The summed E-state index contributed by atoms with van der Waals surface area (Å²) in [5, 5.41) is 2.98. The first-order valence-electron chi connectivity index (χ1n) is 9.02. The Morgan fingerprint density at radius 2 is 1.93 bits per heavy atom. The highest BCUT2D eigenvalue weighted by molar-refractivity contribution is 6.07. The van der Waals surface area contributed by atoms with Gasteiger partial charge in [-0.15, -0.1) is 0 Å². The average Bonchev–Trinajstić information content (AvgIpc) is 2.93. The van der Waals surface area contributed by atoms with E-state index in [-0.39, 0.29) is 18.5 Å². The normalized spacial score (nSPS) is 21.2. The molecule has 1 atom stereocenters. The van der Waals surface area contributed by atoms with Crippen molar-refractivity contribution in [2.24, 2.45) is 0 Å². The number of carbonyl (C=O) groups excluding carboxylic acids is 2. The van der Waals surface area contributed by atoms with Crippen LogP contribution in [-0.2, 0) is 23.3 Å². The fourth-order valence-electron chi connectivity index (χ4n) is 4.13. The fraction of sp³-hybridized carbons (Fsp3) is 0.333. The minimum Gasteiger partial charge on any atom is -0.497 e. The van der Waals surface area contributed by atoms with E-state index in [1.807, 2.05) is 24.3 Å². The molecule has 2 aliphatic rings. The van der Waals surface area contributed by atoms with Gasteiger partial charge in [-0.2, -0.15) is 0 Å². The third kappa shape index (κ3) is 2.72. The SMILES string of the molecule is COc1ccc(OC)c(CN2C(=O)NC3(CCCc4ccccc43)C2=O)c1. The van der Waals surface area contributed by atoms with Crippen LogP contribution in [0.5, 0.6) is 11.5 Å². The van der Waals surface area contributed by atoms with Crippen molar-refractivity contribution >= 4 is 11.9 Å². The van der Waals surface area contributed by atoms with Crippen LogP contribution < -0.4 is 14.8 Å². The zero-order chi connectivity index (χ0) is 19.0. The minimum absolute atomic E-state index is 0.134. The van der Waals surface area contributed by atoms with Gasteiger partial charge in [-0.25, -0.2) is 4.79 Å². The molecule has 2 aromatic carbocycles. The number of aryl methyl sites for hydroxylation is 1. The van der Waals surface area contributed by atoms with E-state index in [4.69, 9.17) is 9.47 Å². The smallest absolute Gasteiger partial charge is 0.325 e. The highest BCUT2D eigenvalue weighted by Gasteiger charge is 2.53. The Hall–Kier alpha value is -3.02. The summed E-state index contributed by atoms with van der Waals surface area (Å²) in [5.41, 5.74) is 1.80. The van der Waals surface area contributed by atoms with Crippen molar-refractivity contribution < 1.29 is 19.1 Å². The summed E-state index contributed by atoms with van der Waals surface area (Å²) in [4.78, 5) is 27.4. The van der Waals surface area contributed by atoms with Crippen LogP contribution in [0.1, 0.15) is 29.5 Å². The molecule has 1 saturated heterocycles. The lowest BCUT2D eigenvalue weighted by Crippen LogP contribution is -2.46. The van der Waals surface area contributed by atoms with Crippen LogP contribution >= 0.6 is 0 Å². The van der Waals surface area contributed by atoms with E-state index in [0.717, 1.165) is 29.5 Å². The number of carbonyl (C=O) groups is 2. The first kappa shape index (κ1) is 17.4. The van der Waals surface area contributed by atoms with Crippen LogP contribution in [0.4, 0.5) is 4.79 Å². The van der Waals surface area contributed by atoms with Gasteiger partial charge in [0, 0.05) is 5.56 Å². The number of urea groups is 1. The predicted octanol–water partition coefficient (Wildman–Crippen LogP) is 2.99. The van der Waals surface area contributed by atoms with E-state index in [9.17, 15) is 9.59 Å². The topological polar surface area (TPSA) is 67.9 Å². The molecule has 0 saturated carbocycles. The molecule has 4 rings (SSSR count). The van der Waals surface area contributed by atoms with Gasteiger partial charge in [-0.3, -0.25) is 9.69 Å². The predicted molar refractivity (Wildman–Crippen MR) is 99.7 cm³/mol. The van der Waals surface area contributed by atoms with Gasteiger partial charge >= 0.3 is 6.03 Å². The first-order valence-corrected chi connectivity index (χ1v) is 9.02. The number of amides is 3. The van der Waals surface area contributed by atoms with Crippen molar-refractivity contribution in [2.45, 2.75) is 31.3 Å². The van der Waals surface area contributed by atoms with Crippen molar-refractivity contribution in [3.05, 3.63) is 59.2 Å². The van der Waals surface area contributed by atoms with Gasteiger partial charge < -0.3 is 14.8 Å². The van der Waals surface area contributed by atoms with E-state index >= 15 is 0 Å². The number of fused-ring (bicyclic) bond motifs is 2. The van der Waals surface area contributed by atoms with Gasteiger partial charge in [0.25, 0.3) is 5.91 Å². The van der Waals surface area contributed by atoms with Crippen LogP contribution in [0.3, 0.4) is 0 Å². The molecule has 1 N–H and O–H groups in total. The lowest BCUT2D eigenvalue weighted by atomic mass is 9.76. The highest BCUT2D eigenvalue weighted by Crippen LogP contribution is 2.40. The average molecular weight is 366 g/mol. The molecule has 0 radical (unpaired) electrons. The Kier molecular flexibility index (Phi) is 4.26. The summed E-state index contributed by atoms with van der Waals surface area (Å²) >= 11 is 0. The molecule has 0 bridgehead atoms. The summed E-state index contributed by atoms with van der Waals surface area (Å²) in [7, 11) is 3.14. The zero-order valence-corrected chi connectivity index (χ0v) is 15.5. The Bertz CT molecular complexity index is 911. The summed E-state index contributed by atoms with van der Waals surface area (Å²) in [6.07, 6.45) is 2.39. The third-order valence-corrected chi connectivity index (χ3v) is 5.47. The number of methoxy groups -OCH3 is 2. The van der Waals surface area contributed by atoms with E-state index < -0.39 is 5.54 Å². The molecule has 2 aromatic rings. The van der Waals surface area contributed by atoms with E-state index in [2.05, 4.69) is 5.32 Å². The monoisotopic (exact) mass is 366 g/mol. The van der Waals surface area contributed by atoms with Gasteiger partial charge in [0.05, 0.1) is 20.8 Å². The Morgan fingerprint density at radius 1 is 1.11 bits per heavy atom. The molecular weight excluding hydrogens is 344 g/mol. The summed E-state index contributed by atoms with van der Waals surface area (Å²) in [6.45, 7) is 0.134. The summed E-state index contributed by atoms with van der Waals surface area (Å²) in [6, 6.07) is 12.8. The maximum absolute atomic E-state index is 13.4. The van der Waals surface area contributed by atoms with Gasteiger partial charge in [0.15, 0.2) is 0 Å². The molecule has 6 nitrogen and oxygen atoms in total. The molecule has 1 aliphatic heterocycles. The zero-order valence-electron chi connectivity index (χ0n) is 15.5. The Labute approximate surface area is 158 Å². The number of ether oxygens (including phenoxy) is 2. The molecule has 1 unspecified atom stereocenters. The van der Waals surface area contributed by atoms with Crippen molar-refractivity contribution in [3.63, 3.8) is 0 Å². The molecule has 0 aromatic heterocycles. The quantitative estimate of drug-likeness (QED) is 0.845. The van der Waals surface area contributed by atoms with Crippen molar-refractivity contribution in [2.75, 3.05) is 14.2 Å². The van der Waals surface area contributed by atoms with Gasteiger partial charge in [-0.05, 0) is 48.6 Å². The van der Waals surface area contributed by atoms with E-state index in [0.29, 0.717) is 17.9 Å². The standard InChI is InChI=1S/C21H22N2O4/c1-26-16-9-10-18(27-2)15(12-16)13-23-19(24)21(22-20(23)25)11-5-7-14-6-3-4-8-17(14)21/h3-4,6,8-10,12H,5,7,11,13H2,1-2H3,(H,22,25). The number of hydrogen-bond acceptors (Lipinski definition) is 4. The first-order chi connectivity index (χ1) is 13.1. The lowest BCUT2D eigenvalue weighted by Gasteiger charge is -2.33. The number of benzene rings is 2. The molecular formula is C21H22N2O4. The van der Waals surface area contributed by atoms with Gasteiger partial charge in [0.2, 0.25) is 0 Å². The van der Waals surface area contributed by atoms with Crippen LogP contribution in [0.25, 0.3) is 0 Å². The van der Waals surface area contributed by atoms with E-state index in [1.165, 1.54) is 4.90 Å². The molecule has 1 fully saturated rings. The van der Waals surface area contributed by atoms with Crippen molar-refractivity contribution in [3.8, 4) is 11.5 Å². The van der Waals surface area contributed by atoms with Crippen molar-refractivity contribution in [1.29, 1.82) is 0 Å². The summed E-state index contributed by atoms with van der Waals surface area (Å²) in [5.74, 6) is 1.06. The Morgan fingerprint density at radius 3 is 2.70 bits per heavy atom. The number of hydrogen-bond donors (Lipinski definition) is 1. The third-order valence-electron chi connectivity index (χ3n) is 5.47. The number of nitrogens with one attached hydrogen (secondary N) is 1. The maximum Gasteiger partial charge on any atom is 0.325 e. The molecule has 27 heavy (non-hydrogen) atoms. The van der Waals surface area contributed by atoms with Crippen molar-refractivity contribution in [1.82, 2.24) is 10.2 Å². The van der Waals surface area contributed by atoms with Crippen LogP contribution in [-0.4, -0.2) is 31.1 Å². The second-order valence-electron chi connectivity index (χ2n) is 6.92. The second kappa shape index (κ2) is 6.61. The van der Waals surface area contributed by atoms with Gasteiger partial charge in [0.1, 0.15) is 17.0 Å². The largest absolute Gasteiger partial charge is 0.497 e. The number of nitrogens with zero attached hydrogens (tertiary/aromatic N) is 1. The molecule has 3 amide bonds. The lowest BCUT2D eigenvalue weighted by molar-refractivity contribution is -0.132. The summed E-state index contributed by atoms with van der Waals surface area (Å²) < 4.78 is 10.7. The molecule has 1 aliphatic carbocycles. The van der Waals surface area contributed by atoms with Crippen LogP contribution in [0.15, 0.2) is 42.5 Å². The number of imide groups is 1. The van der Waals surface area contributed by atoms with Crippen LogP contribution in [0.2, 0.25) is 0 Å². The van der Waals surface area contributed by atoms with Gasteiger partial charge in [-0.1, -0.05) is 24.3 Å². The second-order valence-corrected chi connectivity index (χ2v) is 6.92. The minimum atomic E-state index is -0.960. The fourth-order valence-corrected chi connectivity index (χ4v) is 4.13. The molecule has 140 valence electrons. The maximum atomic E-state index is 13.4. The molecule has 1 heterocycles. The highest BCUT2D eigenvalue weighted by atomic mass is 16.5. The molecule has 6 heteroatoms. The van der Waals surface area contributed by atoms with Crippen LogP contribution in [0, 0.1) is 0 Å². The Balaban J connectivity index is 1.70. The van der Waals surface area contributed by atoms with E-state index in [1.54, 1.807) is 32.4 Å². The number of rotatable bonds is 4.